The van der Waals surface area contributed by atoms with E-state index in [1.165, 1.54) is 0 Å². The Morgan fingerprint density at radius 3 is 2.30 bits per heavy atom. The van der Waals surface area contributed by atoms with Gasteiger partial charge in [0.25, 0.3) is 0 Å². The van der Waals surface area contributed by atoms with Gasteiger partial charge in [-0.2, -0.15) is 0 Å². The average Bonchev–Trinajstić information content (AvgIpc) is 2.90. The predicted molar refractivity (Wildman–Crippen MR) is 80.8 cm³/mol. The van der Waals surface area contributed by atoms with Gasteiger partial charge in [-0.25, -0.2) is 0 Å². The third-order valence-corrected chi connectivity index (χ3v) is 3.67. The molecule has 3 nitrogen and oxygen atoms in total. The van der Waals surface area contributed by atoms with Gasteiger partial charge in [-0.15, -0.1) is 0 Å². The molecule has 0 saturated heterocycles. The SMILES string of the molecule is CC(C)(C)c1cnc(CCC(C)(C)c2ccco2)cn1. The van der Waals surface area contributed by atoms with Crippen LogP contribution in [0.1, 0.15) is 58.2 Å². The van der Waals surface area contributed by atoms with Gasteiger partial charge in [-0.05, 0) is 25.0 Å². The Morgan fingerprint density at radius 1 is 1.05 bits per heavy atom. The number of nitrogens with zero attached hydrogens (tertiary/aromatic N) is 2. The molecule has 108 valence electrons. The second kappa shape index (κ2) is 5.39. The smallest absolute Gasteiger partial charge is 0.109 e. The van der Waals surface area contributed by atoms with E-state index in [-0.39, 0.29) is 10.8 Å². The predicted octanol–water partition coefficient (Wildman–Crippen LogP) is 4.28. The van der Waals surface area contributed by atoms with Crippen molar-refractivity contribution in [3.05, 3.63) is 47.9 Å². The van der Waals surface area contributed by atoms with Crippen molar-refractivity contribution in [2.75, 3.05) is 0 Å². The molecule has 2 aromatic rings. The molecule has 0 aliphatic carbocycles. The zero-order valence-electron chi connectivity index (χ0n) is 13.1. The first kappa shape index (κ1) is 14.8. The zero-order chi connectivity index (χ0) is 14.8. The quantitative estimate of drug-likeness (QED) is 0.834. The molecule has 0 aromatic carbocycles. The molecular weight excluding hydrogens is 248 g/mol. The Bertz CT molecular complexity index is 533. The van der Waals surface area contributed by atoms with Crippen LogP contribution in [0.4, 0.5) is 0 Å². The highest BCUT2D eigenvalue weighted by Crippen LogP contribution is 2.28. The maximum Gasteiger partial charge on any atom is 0.109 e. The van der Waals surface area contributed by atoms with E-state index in [0.717, 1.165) is 30.0 Å². The van der Waals surface area contributed by atoms with E-state index in [2.05, 4.69) is 44.6 Å². The lowest BCUT2D eigenvalue weighted by molar-refractivity contribution is 0.363. The molecule has 0 unspecified atom stereocenters. The monoisotopic (exact) mass is 272 g/mol. The Morgan fingerprint density at radius 2 is 1.80 bits per heavy atom. The van der Waals surface area contributed by atoms with Gasteiger partial charge in [0.05, 0.1) is 17.7 Å². The molecule has 0 fully saturated rings. The molecule has 0 aliphatic heterocycles. The van der Waals surface area contributed by atoms with Crippen molar-refractivity contribution < 1.29 is 4.42 Å². The van der Waals surface area contributed by atoms with Crippen molar-refractivity contribution in [1.29, 1.82) is 0 Å². The lowest BCUT2D eigenvalue weighted by atomic mass is 9.84. The molecular formula is C17H24N2O. The topological polar surface area (TPSA) is 38.9 Å². The maximum atomic E-state index is 5.51. The molecule has 0 saturated carbocycles. The van der Waals surface area contributed by atoms with Gasteiger partial charge in [-0.1, -0.05) is 34.6 Å². The second-order valence-electron chi connectivity index (χ2n) is 7.00. The third-order valence-electron chi connectivity index (χ3n) is 3.67. The van der Waals surface area contributed by atoms with Crippen molar-refractivity contribution in [3.63, 3.8) is 0 Å². The molecule has 0 amide bonds. The van der Waals surface area contributed by atoms with Gasteiger partial charge in [-0.3, -0.25) is 9.97 Å². The standard InChI is InChI=1S/C17H24N2O/c1-16(2,3)14-12-18-13(11-19-14)8-9-17(4,5)15-7-6-10-20-15/h6-7,10-12H,8-9H2,1-5H3. The summed E-state index contributed by atoms with van der Waals surface area (Å²) in [5.74, 6) is 1.02. The third kappa shape index (κ3) is 3.47. The van der Waals surface area contributed by atoms with Crippen LogP contribution in [0.15, 0.2) is 35.2 Å². The van der Waals surface area contributed by atoms with Crippen LogP contribution in [0, 0.1) is 0 Å². The summed E-state index contributed by atoms with van der Waals surface area (Å²) in [6.07, 6.45) is 7.43. The summed E-state index contributed by atoms with van der Waals surface area (Å²) >= 11 is 0. The van der Waals surface area contributed by atoms with Crippen LogP contribution in [-0.4, -0.2) is 9.97 Å². The van der Waals surface area contributed by atoms with Gasteiger partial charge in [0.15, 0.2) is 0 Å². The van der Waals surface area contributed by atoms with E-state index < -0.39 is 0 Å². The minimum atomic E-state index is 0.0217. The normalized spacial score (nSPS) is 12.7. The summed E-state index contributed by atoms with van der Waals surface area (Å²) in [6, 6.07) is 3.98. The molecule has 0 atom stereocenters. The molecule has 0 bridgehead atoms. The average molecular weight is 272 g/mol. The highest BCUT2D eigenvalue weighted by Gasteiger charge is 2.23. The fraction of sp³-hybridized carbons (Fsp3) is 0.529. The lowest BCUT2D eigenvalue weighted by Gasteiger charge is -2.22. The number of aromatic nitrogens is 2. The van der Waals surface area contributed by atoms with Gasteiger partial charge < -0.3 is 4.42 Å². The van der Waals surface area contributed by atoms with Crippen LogP contribution < -0.4 is 0 Å². The van der Waals surface area contributed by atoms with Crippen molar-refractivity contribution in [2.45, 2.75) is 58.3 Å². The number of hydrogen-bond acceptors (Lipinski definition) is 3. The summed E-state index contributed by atoms with van der Waals surface area (Å²) in [5, 5.41) is 0. The Balaban J connectivity index is 2.01. The number of rotatable bonds is 4. The van der Waals surface area contributed by atoms with E-state index in [4.69, 9.17) is 4.42 Å². The molecule has 0 N–H and O–H groups in total. The number of hydrogen-bond donors (Lipinski definition) is 0. The second-order valence-corrected chi connectivity index (χ2v) is 7.00. The molecule has 20 heavy (non-hydrogen) atoms. The van der Waals surface area contributed by atoms with Gasteiger partial charge >= 0.3 is 0 Å². The van der Waals surface area contributed by atoms with E-state index in [1.54, 1.807) is 6.26 Å². The maximum absolute atomic E-state index is 5.51. The first-order valence-electron chi connectivity index (χ1n) is 7.14. The first-order valence-corrected chi connectivity index (χ1v) is 7.14. The van der Waals surface area contributed by atoms with Crippen molar-refractivity contribution >= 4 is 0 Å². The van der Waals surface area contributed by atoms with Crippen LogP contribution in [0.5, 0.6) is 0 Å². The minimum Gasteiger partial charge on any atom is -0.469 e. The summed E-state index contributed by atoms with van der Waals surface area (Å²) in [7, 11) is 0. The summed E-state index contributed by atoms with van der Waals surface area (Å²) in [4.78, 5) is 9.06. The Hall–Kier alpha value is -1.64. The number of furan rings is 1. The molecule has 0 spiro atoms. The highest BCUT2D eigenvalue weighted by molar-refractivity contribution is 5.14. The van der Waals surface area contributed by atoms with E-state index in [0.29, 0.717) is 0 Å². The fourth-order valence-corrected chi connectivity index (χ4v) is 2.10. The van der Waals surface area contributed by atoms with E-state index in [9.17, 15) is 0 Å². The van der Waals surface area contributed by atoms with Crippen molar-refractivity contribution in [1.82, 2.24) is 9.97 Å². The lowest BCUT2D eigenvalue weighted by Crippen LogP contribution is -2.18. The molecule has 2 aromatic heterocycles. The Labute approximate surface area is 121 Å². The summed E-state index contributed by atoms with van der Waals surface area (Å²) in [5.41, 5.74) is 2.15. The van der Waals surface area contributed by atoms with Crippen LogP contribution in [0.3, 0.4) is 0 Å². The van der Waals surface area contributed by atoms with E-state index >= 15 is 0 Å². The highest BCUT2D eigenvalue weighted by atomic mass is 16.3. The molecule has 2 heterocycles. The van der Waals surface area contributed by atoms with Crippen LogP contribution >= 0.6 is 0 Å². The van der Waals surface area contributed by atoms with Crippen molar-refractivity contribution in [2.24, 2.45) is 0 Å². The molecule has 3 heteroatoms. The fourth-order valence-electron chi connectivity index (χ4n) is 2.10. The van der Waals surface area contributed by atoms with Gasteiger partial charge in [0.2, 0.25) is 0 Å². The largest absolute Gasteiger partial charge is 0.469 e. The zero-order valence-corrected chi connectivity index (χ0v) is 13.1. The van der Waals surface area contributed by atoms with Gasteiger partial charge in [0, 0.05) is 23.2 Å². The number of aryl methyl sites for hydroxylation is 1. The molecule has 2 rings (SSSR count). The summed E-state index contributed by atoms with van der Waals surface area (Å²) in [6.45, 7) is 10.8. The minimum absolute atomic E-state index is 0.0217. The summed E-state index contributed by atoms with van der Waals surface area (Å²) < 4.78 is 5.51. The molecule has 0 aliphatic rings. The molecule has 0 radical (unpaired) electrons. The Kier molecular flexibility index (Phi) is 3.98. The van der Waals surface area contributed by atoms with Crippen LogP contribution in [-0.2, 0) is 17.3 Å². The van der Waals surface area contributed by atoms with E-state index in [1.807, 2.05) is 24.5 Å². The van der Waals surface area contributed by atoms with Crippen LogP contribution in [0.2, 0.25) is 0 Å². The van der Waals surface area contributed by atoms with Crippen LogP contribution in [0.25, 0.3) is 0 Å². The first-order chi connectivity index (χ1) is 9.29. The van der Waals surface area contributed by atoms with Gasteiger partial charge in [0.1, 0.15) is 5.76 Å². The van der Waals surface area contributed by atoms with Crippen molar-refractivity contribution in [3.8, 4) is 0 Å².